The molecule has 4 heteroatoms. The molecule has 0 aromatic heterocycles. The van der Waals surface area contributed by atoms with Crippen molar-refractivity contribution in [3.05, 3.63) is 16.6 Å². The molecule has 1 heterocycles. The van der Waals surface area contributed by atoms with Crippen LogP contribution in [0, 0.1) is 11.8 Å². The summed E-state index contributed by atoms with van der Waals surface area (Å²) in [7, 11) is 0. The van der Waals surface area contributed by atoms with Gasteiger partial charge in [-0.25, -0.2) is 0 Å². The number of hydrogen-bond acceptors (Lipinski definition) is 3. The number of anilines is 1. The molecule has 1 N–H and O–H groups in total. The summed E-state index contributed by atoms with van der Waals surface area (Å²) < 4.78 is 12.3. The smallest absolute Gasteiger partial charge is 0.163 e. The summed E-state index contributed by atoms with van der Waals surface area (Å²) in [6, 6.07) is 4.75. The number of rotatable bonds is 4. The van der Waals surface area contributed by atoms with Gasteiger partial charge in [0.05, 0.1) is 5.69 Å². The first-order valence-electron chi connectivity index (χ1n) is 7.17. The summed E-state index contributed by atoms with van der Waals surface area (Å²) in [6.07, 6.45) is 5.54. The van der Waals surface area contributed by atoms with Gasteiger partial charge in [-0.3, -0.25) is 0 Å². The molecule has 2 fully saturated rings. The number of hydrogen-bond donors (Lipinski definition) is 1. The van der Waals surface area contributed by atoms with Gasteiger partial charge in [0, 0.05) is 22.6 Å². The van der Waals surface area contributed by atoms with Crippen molar-refractivity contribution in [2.24, 2.45) is 11.8 Å². The van der Waals surface area contributed by atoms with Gasteiger partial charge in [-0.15, -0.1) is 0 Å². The quantitative estimate of drug-likeness (QED) is 0.913. The van der Waals surface area contributed by atoms with Crippen LogP contribution in [0.15, 0.2) is 16.6 Å². The highest BCUT2D eigenvalue weighted by Gasteiger charge is 2.41. The van der Waals surface area contributed by atoms with E-state index in [0.29, 0.717) is 19.3 Å². The fourth-order valence-electron chi connectivity index (χ4n) is 2.89. The summed E-state index contributed by atoms with van der Waals surface area (Å²) in [5, 5.41) is 3.74. The summed E-state index contributed by atoms with van der Waals surface area (Å²) in [6.45, 7) is 1.28. The largest absolute Gasteiger partial charge is 0.486 e. The van der Waals surface area contributed by atoms with Crippen LogP contribution in [0.25, 0.3) is 0 Å². The highest BCUT2D eigenvalue weighted by Crippen LogP contribution is 2.47. The molecule has 0 atom stereocenters. The summed E-state index contributed by atoms with van der Waals surface area (Å²) in [5.74, 6) is 3.47. The first kappa shape index (κ1) is 11.9. The molecule has 0 unspecified atom stereocenters. The lowest BCUT2D eigenvalue weighted by Crippen LogP contribution is -2.24. The van der Waals surface area contributed by atoms with Crippen LogP contribution in [0.1, 0.15) is 25.7 Å². The minimum atomic E-state index is 0.638. The third kappa shape index (κ3) is 2.42. The third-order valence-corrected chi connectivity index (χ3v) is 4.87. The van der Waals surface area contributed by atoms with E-state index in [9.17, 15) is 0 Å². The van der Waals surface area contributed by atoms with Gasteiger partial charge in [0.25, 0.3) is 0 Å². The van der Waals surface area contributed by atoms with Gasteiger partial charge in [-0.2, -0.15) is 0 Å². The molecule has 102 valence electrons. The molecule has 0 bridgehead atoms. The zero-order valence-corrected chi connectivity index (χ0v) is 12.4. The van der Waals surface area contributed by atoms with Crippen molar-refractivity contribution in [2.75, 3.05) is 18.5 Å². The van der Waals surface area contributed by atoms with Crippen LogP contribution in [-0.4, -0.2) is 19.3 Å². The molecule has 19 heavy (non-hydrogen) atoms. The molecule has 1 aromatic carbocycles. The Labute approximate surface area is 121 Å². The summed E-state index contributed by atoms with van der Waals surface area (Å²) in [4.78, 5) is 0. The van der Waals surface area contributed by atoms with Crippen LogP contribution in [0.3, 0.4) is 0 Å². The maximum atomic E-state index is 5.67. The maximum Gasteiger partial charge on any atom is 0.163 e. The van der Waals surface area contributed by atoms with Crippen LogP contribution in [0.5, 0.6) is 11.5 Å². The fourth-order valence-corrected chi connectivity index (χ4v) is 3.32. The topological polar surface area (TPSA) is 30.5 Å². The van der Waals surface area contributed by atoms with Crippen molar-refractivity contribution in [3.63, 3.8) is 0 Å². The van der Waals surface area contributed by atoms with E-state index >= 15 is 0 Å². The highest BCUT2D eigenvalue weighted by molar-refractivity contribution is 9.10. The Morgan fingerprint density at radius 2 is 1.58 bits per heavy atom. The molecular formula is C15H18BrNO2. The zero-order chi connectivity index (χ0) is 12.8. The predicted octanol–water partition coefficient (Wildman–Crippen LogP) is 3.82. The van der Waals surface area contributed by atoms with Gasteiger partial charge in [0.15, 0.2) is 11.5 Å². The minimum Gasteiger partial charge on any atom is -0.486 e. The molecule has 2 aliphatic carbocycles. The number of ether oxygens (including phenoxy) is 2. The molecule has 1 aromatic rings. The Hall–Kier alpha value is -0.900. The molecule has 4 rings (SSSR count). The van der Waals surface area contributed by atoms with Crippen molar-refractivity contribution in [1.82, 2.24) is 0 Å². The van der Waals surface area contributed by atoms with E-state index in [1.807, 2.05) is 6.07 Å². The Morgan fingerprint density at radius 3 is 2.16 bits per heavy atom. The van der Waals surface area contributed by atoms with E-state index in [0.717, 1.165) is 33.5 Å². The SMILES string of the molecule is Brc1cc2c(cc1NC(C1CC1)C1CC1)OCCO2. The van der Waals surface area contributed by atoms with E-state index in [1.54, 1.807) is 0 Å². The minimum absolute atomic E-state index is 0.638. The van der Waals surface area contributed by atoms with Crippen LogP contribution < -0.4 is 14.8 Å². The van der Waals surface area contributed by atoms with Crippen molar-refractivity contribution in [1.29, 1.82) is 0 Å². The lowest BCUT2D eigenvalue weighted by Gasteiger charge is -2.23. The van der Waals surface area contributed by atoms with Gasteiger partial charge in [-0.05, 0) is 53.4 Å². The Balaban J connectivity index is 1.59. The Bertz CT molecular complexity index is 485. The van der Waals surface area contributed by atoms with E-state index in [4.69, 9.17) is 9.47 Å². The van der Waals surface area contributed by atoms with Crippen molar-refractivity contribution in [3.8, 4) is 11.5 Å². The Morgan fingerprint density at radius 1 is 1.00 bits per heavy atom. The van der Waals surface area contributed by atoms with Crippen molar-refractivity contribution >= 4 is 21.6 Å². The van der Waals surface area contributed by atoms with Crippen LogP contribution in [0.4, 0.5) is 5.69 Å². The lowest BCUT2D eigenvalue weighted by atomic mass is 10.1. The van der Waals surface area contributed by atoms with E-state index in [1.165, 1.54) is 25.7 Å². The zero-order valence-electron chi connectivity index (χ0n) is 10.8. The van der Waals surface area contributed by atoms with Gasteiger partial charge in [-0.1, -0.05) is 0 Å². The maximum absolute atomic E-state index is 5.67. The van der Waals surface area contributed by atoms with Crippen LogP contribution >= 0.6 is 15.9 Å². The molecule has 3 nitrogen and oxygen atoms in total. The number of benzene rings is 1. The molecule has 0 amide bonds. The van der Waals surface area contributed by atoms with E-state index in [-0.39, 0.29) is 0 Å². The first-order valence-corrected chi connectivity index (χ1v) is 7.96. The van der Waals surface area contributed by atoms with Gasteiger partial charge >= 0.3 is 0 Å². The summed E-state index contributed by atoms with van der Waals surface area (Å²) in [5.41, 5.74) is 1.15. The molecule has 0 radical (unpaired) electrons. The van der Waals surface area contributed by atoms with Crippen molar-refractivity contribution in [2.45, 2.75) is 31.7 Å². The Kier molecular flexibility index (Phi) is 2.87. The monoisotopic (exact) mass is 323 g/mol. The fraction of sp³-hybridized carbons (Fsp3) is 0.600. The van der Waals surface area contributed by atoms with E-state index < -0.39 is 0 Å². The average Bonchev–Trinajstić information content (AvgIpc) is 3.28. The predicted molar refractivity (Wildman–Crippen MR) is 78.0 cm³/mol. The summed E-state index contributed by atoms with van der Waals surface area (Å²) >= 11 is 3.64. The molecule has 0 spiro atoms. The number of fused-ring (bicyclic) bond motifs is 1. The second-order valence-electron chi connectivity index (χ2n) is 5.82. The van der Waals surface area contributed by atoms with E-state index in [2.05, 4.69) is 27.3 Å². The van der Waals surface area contributed by atoms with Gasteiger partial charge in [0.1, 0.15) is 13.2 Å². The molecular weight excluding hydrogens is 306 g/mol. The second kappa shape index (κ2) is 4.58. The van der Waals surface area contributed by atoms with Gasteiger partial charge < -0.3 is 14.8 Å². The average molecular weight is 324 g/mol. The van der Waals surface area contributed by atoms with Crippen molar-refractivity contribution < 1.29 is 9.47 Å². The standard InChI is InChI=1S/C15H18BrNO2/c16-11-7-13-14(19-6-5-18-13)8-12(11)17-15(9-1-2-9)10-3-4-10/h7-10,15,17H,1-6H2. The van der Waals surface area contributed by atoms with Gasteiger partial charge in [0.2, 0.25) is 0 Å². The second-order valence-corrected chi connectivity index (χ2v) is 6.68. The molecule has 0 saturated heterocycles. The highest BCUT2D eigenvalue weighted by atomic mass is 79.9. The molecule has 3 aliphatic rings. The third-order valence-electron chi connectivity index (χ3n) is 4.21. The first-order chi connectivity index (χ1) is 9.31. The van der Waals surface area contributed by atoms with Crippen LogP contribution in [-0.2, 0) is 0 Å². The lowest BCUT2D eigenvalue weighted by molar-refractivity contribution is 0.171. The normalized spacial score (nSPS) is 21.6. The number of halogens is 1. The molecule has 2 saturated carbocycles. The van der Waals surface area contributed by atoms with Crippen LogP contribution in [0.2, 0.25) is 0 Å². The molecule has 1 aliphatic heterocycles. The number of nitrogens with one attached hydrogen (secondary N) is 1.